The number of ketones is 1. The van der Waals surface area contributed by atoms with Gasteiger partial charge in [-0.25, -0.2) is 9.59 Å². The summed E-state index contributed by atoms with van der Waals surface area (Å²) in [7, 11) is 0. The minimum absolute atomic E-state index is 0.0701. The molecule has 1 aliphatic heterocycles. The van der Waals surface area contributed by atoms with Gasteiger partial charge in [-0.15, -0.1) is 0 Å². The number of nitrogens with one attached hydrogen (secondary N) is 1. The Morgan fingerprint density at radius 3 is 2.46 bits per heavy atom. The van der Waals surface area contributed by atoms with Crippen LogP contribution in [0.25, 0.3) is 0 Å². The van der Waals surface area contributed by atoms with Gasteiger partial charge in [0.15, 0.2) is 5.78 Å². The molecule has 2 fully saturated rings. The first-order valence-corrected chi connectivity index (χ1v) is 12.0. The third-order valence-electron chi connectivity index (χ3n) is 8.12. The van der Waals surface area contributed by atoms with E-state index in [1.165, 1.54) is 19.9 Å². The number of aromatic hydroxyl groups is 1. The third kappa shape index (κ3) is 3.96. The van der Waals surface area contributed by atoms with Crippen LogP contribution in [0.1, 0.15) is 52.6 Å². The third-order valence-corrected chi connectivity index (χ3v) is 8.12. The molecular formula is C27H32N2O8. The average molecular weight is 513 g/mol. The Balaban J connectivity index is 1.75. The van der Waals surface area contributed by atoms with E-state index in [-0.39, 0.29) is 23.5 Å². The average Bonchev–Trinajstić information content (AvgIpc) is 3.20. The van der Waals surface area contributed by atoms with E-state index in [0.29, 0.717) is 16.7 Å². The molecule has 10 nitrogen and oxygen atoms in total. The van der Waals surface area contributed by atoms with E-state index in [1.54, 1.807) is 50.2 Å². The number of amides is 1. The summed E-state index contributed by atoms with van der Waals surface area (Å²) in [5.41, 5.74) is 2.28. The zero-order chi connectivity index (χ0) is 27.3. The number of carbonyl (C=O) groups excluding carboxylic acids is 3. The molecule has 10 heteroatoms. The normalized spacial score (nSPS) is 32.7. The lowest BCUT2D eigenvalue weighted by Gasteiger charge is -2.45. The first kappa shape index (κ1) is 26.6. The molecule has 1 amide bonds. The number of phenolic OH excluding ortho intramolecular Hbond substituents is 1. The Kier molecular flexibility index (Phi) is 6.56. The number of alkyl carbamates (subject to hydrolysis) is 1. The molecule has 0 bridgehead atoms. The summed E-state index contributed by atoms with van der Waals surface area (Å²) in [6.07, 6.45) is -1.64. The maximum atomic E-state index is 13.0. The molecule has 2 aliphatic rings. The largest absolute Gasteiger partial charge is 0.507 e. The molecule has 6 N–H and O–H groups in total. The molecule has 37 heavy (non-hydrogen) atoms. The standard InChI is InChI=1S/C27H32N2O8/c1-14-7-5-10-20(31)21(14)23(32)36-13-26(35)19(12-17-8-6-9-18(11-17)15(2)30)22(28)27(25(26,4)34)16(3)37-24(33)29-27/h5-11,16,19,22,31,34-35H,12-13,28H2,1-4H3,(H,29,33)/t16-,19-,22-,25-,26+,27-/m0/s1. The number of esters is 1. The number of nitrogens with two attached hydrogens (primary N) is 1. The summed E-state index contributed by atoms with van der Waals surface area (Å²) >= 11 is 0. The highest BCUT2D eigenvalue weighted by Crippen LogP contribution is 2.54. The van der Waals surface area contributed by atoms with Gasteiger partial charge in [-0.1, -0.05) is 30.3 Å². The van der Waals surface area contributed by atoms with Crippen molar-refractivity contribution in [3.63, 3.8) is 0 Å². The molecule has 2 aromatic carbocycles. The van der Waals surface area contributed by atoms with Crippen LogP contribution < -0.4 is 11.1 Å². The molecule has 1 saturated carbocycles. The van der Waals surface area contributed by atoms with Crippen molar-refractivity contribution in [1.82, 2.24) is 5.32 Å². The van der Waals surface area contributed by atoms with Gasteiger partial charge in [0, 0.05) is 17.5 Å². The first-order valence-electron chi connectivity index (χ1n) is 12.0. The molecule has 1 heterocycles. The minimum Gasteiger partial charge on any atom is -0.507 e. The molecule has 0 unspecified atom stereocenters. The van der Waals surface area contributed by atoms with Crippen LogP contribution in [0.2, 0.25) is 0 Å². The van der Waals surface area contributed by atoms with Gasteiger partial charge in [-0.3, -0.25) is 4.79 Å². The van der Waals surface area contributed by atoms with Crippen molar-refractivity contribution in [3.05, 3.63) is 64.7 Å². The molecule has 2 aromatic rings. The number of cyclic esters (lactones) is 1. The summed E-state index contributed by atoms with van der Waals surface area (Å²) < 4.78 is 10.8. The quantitative estimate of drug-likeness (QED) is 0.285. The van der Waals surface area contributed by atoms with E-state index in [9.17, 15) is 29.7 Å². The number of ether oxygens (including phenoxy) is 2. The van der Waals surface area contributed by atoms with Crippen molar-refractivity contribution in [2.75, 3.05) is 6.61 Å². The lowest BCUT2D eigenvalue weighted by atomic mass is 9.73. The fourth-order valence-corrected chi connectivity index (χ4v) is 5.96. The molecule has 4 rings (SSSR count). The second kappa shape index (κ2) is 9.13. The summed E-state index contributed by atoms with van der Waals surface area (Å²) in [5, 5.41) is 36.8. The number of carbonyl (C=O) groups is 3. The zero-order valence-electron chi connectivity index (χ0n) is 21.1. The van der Waals surface area contributed by atoms with Gasteiger partial charge in [-0.05, 0) is 57.4 Å². The van der Waals surface area contributed by atoms with Crippen LogP contribution in [0.4, 0.5) is 4.79 Å². The van der Waals surface area contributed by atoms with Gasteiger partial charge in [0.2, 0.25) is 0 Å². The van der Waals surface area contributed by atoms with Crippen molar-refractivity contribution < 1.29 is 39.2 Å². The lowest BCUT2D eigenvalue weighted by Crippen LogP contribution is -2.72. The van der Waals surface area contributed by atoms with Crippen LogP contribution in [0, 0.1) is 12.8 Å². The fourth-order valence-electron chi connectivity index (χ4n) is 5.96. The topological polar surface area (TPSA) is 168 Å². The second-order valence-corrected chi connectivity index (χ2v) is 10.2. The monoisotopic (exact) mass is 512 g/mol. The number of aliphatic hydroxyl groups is 2. The molecule has 1 aliphatic carbocycles. The second-order valence-electron chi connectivity index (χ2n) is 10.2. The number of phenols is 1. The Labute approximate surface area is 214 Å². The van der Waals surface area contributed by atoms with Gasteiger partial charge < -0.3 is 35.8 Å². The fraction of sp³-hybridized carbons (Fsp3) is 0.444. The van der Waals surface area contributed by atoms with Crippen LogP contribution in [-0.2, 0) is 15.9 Å². The minimum atomic E-state index is -2.16. The summed E-state index contributed by atoms with van der Waals surface area (Å²) in [5.74, 6) is -2.28. The van der Waals surface area contributed by atoms with Crippen molar-refractivity contribution in [2.24, 2.45) is 11.7 Å². The van der Waals surface area contributed by atoms with Crippen molar-refractivity contribution in [3.8, 4) is 5.75 Å². The van der Waals surface area contributed by atoms with Crippen LogP contribution >= 0.6 is 0 Å². The molecule has 0 aromatic heterocycles. The van der Waals surface area contributed by atoms with Crippen molar-refractivity contribution >= 4 is 17.8 Å². The molecule has 0 radical (unpaired) electrons. The van der Waals surface area contributed by atoms with Gasteiger partial charge in [-0.2, -0.15) is 0 Å². The smallest absolute Gasteiger partial charge is 0.408 e. The maximum absolute atomic E-state index is 13.0. The van der Waals surface area contributed by atoms with Crippen LogP contribution in [0.5, 0.6) is 5.75 Å². The number of Topliss-reactive ketones (excluding diaryl/α,β-unsaturated/α-hetero) is 1. The molecule has 198 valence electrons. The van der Waals surface area contributed by atoms with Crippen LogP contribution in [0.3, 0.4) is 0 Å². The Morgan fingerprint density at radius 2 is 1.86 bits per heavy atom. The Hall–Kier alpha value is -3.47. The van der Waals surface area contributed by atoms with Crippen LogP contribution in [-0.4, -0.2) is 68.7 Å². The number of hydrogen-bond donors (Lipinski definition) is 5. The SMILES string of the molecule is CC(=O)c1cccc(C[C@H]2[C@H](N)[C@]3(NC(=O)O[C@H]3C)[C@@](C)(O)[C@@]2(O)COC(=O)c2c(C)cccc2O)c1. The van der Waals surface area contributed by atoms with E-state index >= 15 is 0 Å². The molecular weight excluding hydrogens is 480 g/mol. The predicted molar refractivity (Wildman–Crippen MR) is 132 cm³/mol. The zero-order valence-corrected chi connectivity index (χ0v) is 21.1. The summed E-state index contributed by atoms with van der Waals surface area (Å²) in [6.45, 7) is 5.25. The van der Waals surface area contributed by atoms with E-state index in [4.69, 9.17) is 15.2 Å². The van der Waals surface area contributed by atoms with E-state index in [0.717, 1.165) is 0 Å². The summed E-state index contributed by atoms with van der Waals surface area (Å²) in [6, 6.07) is 10.3. The number of benzene rings is 2. The Bertz CT molecular complexity index is 1240. The lowest BCUT2D eigenvalue weighted by molar-refractivity contribution is -0.187. The van der Waals surface area contributed by atoms with E-state index in [1.807, 2.05) is 0 Å². The highest BCUT2D eigenvalue weighted by Gasteiger charge is 2.78. The molecule has 1 spiro atoms. The van der Waals surface area contributed by atoms with Gasteiger partial charge in [0.25, 0.3) is 0 Å². The number of rotatable bonds is 6. The van der Waals surface area contributed by atoms with Crippen molar-refractivity contribution in [1.29, 1.82) is 0 Å². The molecule has 1 saturated heterocycles. The highest BCUT2D eigenvalue weighted by molar-refractivity contribution is 5.94. The number of aryl methyl sites for hydroxylation is 1. The van der Waals surface area contributed by atoms with Crippen LogP contribution in [0.15, 0.2) is 42.5 Å². The van der Waals surface area contributed by atoms with Gasteiger partial charge in [0.1, 0.15) is 40.8 Å². The maximum Gasteiger partial charge on any atom is 0.408 e. The van der Waals surface area contributed by atoms with Gasteiger partial charge >= 0.3 is 12.1 Å². The number of hydrogen-bond acceptors (Lipinski definition) is 9. The Morgan fingerprint density at radius 1 is 1.19 bits per heavy atom. The molecule has 6 atom stereocenters. The van der Waals surface area contributed by atoms with E-state index < -0.39 is 53.5 Å². The predicted octanol–water partition coefficient (Wildman–Crippen LogP) is 1.61. The highest BCUT2D eigenvalue weighted by atomic mass is 16.6. The first-order chi connectivity index (χ1) is 17.3. The van der Waals surface area contributed by atoms with Crippen molar-refractivity contribution in [2.45, 2.75) is 63.0 Å². The van der Waals surface area contributed by atoms with Gasteiger partial charge in [0.05, 0.1) is 0 Å². The van der Waals surface area contributed by atoms with E-state index in [2.05, 4.69) is 5.32 Å². The summed E-state index contributed by atoms with van der Waals surface area (Å²) in [4.78, 5) is 37.1.